The lowest BCUT2D eigenvalue weighted by Crippen LogP contribution is -2.02. The quantitative estimate of drug-likeness (QED) is 0.205. The summed E-state index contributed by atoms with van der Waals surface area (Å²) in [4.78, 5) is 10.6. The summed E-state index contributed by atoms with van der Waals surface area (Å²) in [5, 5.41) is 5.92. The van der Waals surface area contributed by atoms with Crippen LogP contribution in [0.5, 0.6) is 0 Å². The average molecular weight is 594 g/mol. The Morgan fingerprint density at radius 1 is 0.489 bits per heavy atom. The molecule has 0 radical (unpaired) electrons. The van der Waals surface area contributed by atoms with Crippen LogP contribution >= 0.6 is 11.3 Å². The molecule has 0 N–H and O–H groups in total. The van der Waals surface area contributed by atoms with E-state index in [-0.39, 0.29) is 0 Å². The highest BCUT2D eigenvalue weighted by atomic mass is 32.1. The van der Waals surface area contributed by atoms with Gasteiger partial charge in [0.25, 0.3) is 0 Å². The number of nitrogens with zero attached hydrogens (tertiary/aromatic N) is 3. The van der Waals surface area contributed by atoms with Crippen molar-refractivity contribution in [3.63, 3.8) is 0 Å². The van der Waals surface area contributed by atoms with Gasteiger partial charge in [-0.15, -0.1) is 11.3 Å². The molecule has 45 heavy (non-hydrogen) atoms. The van der Waals surface area contributed by atoms with E-state index in [1.165, 1.54) is 30.9 Å². The molecule has 0 saturated carbocycles. The van der Waals surface area contributed by atoms with Crippen LogP contribution in [0.2, 0.25) is 0 Å². The van der Waals surface area contributed by atoms with Gasteiger partial charge in [-0.1, -0.05) is 97.1 Å². The van der Waals surface area contributed by atoms with E-state index in [0.717, 1.165) is 49.9 Å². The van der Waals surface area contributed by atoms with Crippen molar-refractivity contribution in [1.29, 1.82) is 0 Å². The van der Waals surface area contributed by atoms with Gasteiger partial charge >= 0.3 is 0 Å². The zero-order valence-corrected chi connectivity index (χ0v) is 24.8. The number of para-hydroxylation sites is 2. The van der Waals surface area contributed by atoms with Gasteiger partial charge in [-0.2, -0.15) is 0 Å². The van der Waals surface area contributed by atoms with E-state index >= 15 is 0 Å². The van der Waals surface area contributed by atoms with Gasteiger partial charge in [-0.25, -0.2) is 9.97 Å². The molecule has 210 valence electrons. The first-order valence-corrected chi connectivity index (χ1v) is 15.8. The highest BCUT2D eigenvalue weighted by molar-refractivity contribution is 7.25. The molecule has 6 aromatic carbocycles. The summed E-state index contributed by atoms with van der Waals surface area (Å²) >= 11 is 1.83. The van der Waals surface area contributed by atoms with Gasteiger partial charge in [-0.05, 0) is 53.6 Å². The van der Waals surface area contributed by atoms with Crippen molar-refractivity contribution >= 4 is 75.4 Å². The largest absolute Gasteiger partial charge is 0.452 e. The fourth-order valence-electron chi connectivity index (χ4n) is 6.75. The molecule has 0 atom stereocenters. The summed E-state index contributed by atoms with van der Waals surface area (Å²) in [6.07, 6.45) is 0. The van der Waals surface area contributed by atoms with Crippen LogP contribution in [0.15, 0.2) is 144 Å². The van der Waals surface area contributed by atoms with Crippen LogP contribution in [-0.2, 0) is 0 Å². The SMILES string of the molecule is c1ccc(-c2cccc(-c3nc(-n4c5ccccc5c5cc6c(cc54)sc4ccccc46)nc4c3oc3ccccc34)c2)cc1. The maximum atomic E-state index is 6.49. The standard InChI is InChI=1S/C40H23N3OS/c1-2-11-24(12-3-1)25-13-10-14-26(21-25)37-39-38(29-17-5-8-19-34(29)44-39)42-40(41-37)43-32-18-7-4-15-27(32)30-22-31-28-16-6-9-20-35(28)45-36(31)23-33(30)43/h1-23H. The number of benzene rings is 6. The van der Waals surface area contributed by atoms with E-state index < -0.39 is 0 Å². The van der Waals surface area contributed by atoms with E-state index in [2.05, 4.69) is 120 Å². The predicted molar refractivity (Wildman–Crippen MR) is 187 cm³/mol. The molecular weight excluding hydrogens is 571 g/mol. The van der Waals surface area contributed by atoms with Crippen LogP contribution in [0.25, 0.3) is 92.4 Å². The molecule has 0 aliphatic carbocycles. The lowest BCUT2D eigenvalue weighted by atomic mass is 10.0. The van der Waals surface area contributed by atoms with E-state index in [4.69, 9.17) is 14.4 Å². The van der Waals surface area contributed by atoms with Crippen LogP contribution in [0.1, 0.15) is 0 Å². The molecule has 0 unspecified atom stereocenters. The van der Waals surface area contributed by atoms with Crippen LogP contribution in [-0.4, -0.2) is 14.5 Å². The summed E-state index contributed by atoms with van der Waals surface area (Å²) in [6, 6.07) is 49.0. The minimum atomic E-state index is 0.626. The Bertz CT molecular complexity index is 2770. The van der Waals surface area contributed by atoms with Crippen molar-refractivity contribution in [2.24, 2.45) is 0 Å². The van der Waals surface area contributed by atoms with E-state index in [1.807, 2.05) is 35.6 Å². The summed E-state index contributed by atoms with van der Waals surface area (Å²) in [7, 11) is 0. The van der Waals surface area contributed by atoms with Crippen molar-refractivity contribution in [2.45, 2.75) is 0 Å². The number of hydrogen-bond donors (Lipinski definition) is 0. The molecule has 0 aliphatic rings. The number of aromatic nitrogens is 3. The molecule has 4 heterocycles. The van der Waals surface area contributed by atoms with Gasteiger partial charge in [0.2, 0.25) is 5.95 Å². The molecule has 0 saturated heterocycles. The highest BCUT2D eigenvalue weighted by Crippen LogP contribution is 2.41. The van der Waals surface area contributed by atoms with Crippen molar-refractivity contribution in [2.75, 3.05) is 0 Å². The van der Waals surface area contributed by atoms with Gasteiger partial charge < -0.3 is 4.42 Å². The molecule has 10 rings (SSSR count). The first-order chi connectivity index (χ1) is 22.3. The first-order valence-electron chi connectivity index (χ1n) is 15.0. The lowest BCUT2D eigenvalue weighted by molar-refractivity contribution is 0.666. The second-order valence-corrected chi connectivity index (χ2v) is 12.5. The third kappa shape index (κ3) is 3.65. The topological polar surface area (TPSA) is 43.9 Å². The Kier molecular flexibility index (Phi) is 5.12. The second kappa shape index (κ2) is 9.36. The third-order valence-electron chi connectivity index (χ3n) is 8.82. The van der Waals surface area contributed by atoms with Crippen LogP contribution in [0, 0.1) is 0 Å². The van der Waals surface area contributed by atoms with Crippen molar-refractivity contribution in [3.05, 3.63) is 140 Å². The smallest absolute Gasteiger partial charge is 0.236 e. The number of furan rings is 1. The average Bonchev–Trinajstić information content (AvgIpc) is 3.76. The van der Waals surface area contributed by atoms with Gasteiger partial charge in [0.05, 0.1) is 11.0 Å². The maximum absolute atomic E-state index is 6.49. The molecule has 0 aliphatic heterocycles. The van der Waals surface area contributed by atoms with Gasteiger partial charge in [-0.3, -0.25) is 4.57 Å². The fourth-order valence-corrected chi connectivity index (χ4v) is 7.88. The molecule has 5 heteroatoms. The Hall–Kier alpha value is -5.78. The Balaban J connectivity index is 1.31. The van der Waals surface area contributed by atoms with E-state index in [9.17, 15) is 0 Å². The van der Waals surface area contributed by atoms with Crippen LogP contribution < -0.4 is 0 Å². The Labute approximate surface area is 261 Å². The molecule has 0 spiro atoms. The minimum Gasteiger partial charge on any atom is -0.452 e. The predicted octanol–water partition coefficient (Wildman–Crippen LogP) is 11.2. The van der Waals surface area contributed by atoms with Gasteiger partial charge in [0.1, 0.15) is 16.8 Å². The normalized spacial score (nSPS) is 12.0. The number of hydrogen-bond acceptors (Lipinski definition) is 4. The number of rotatable bonds is 3. The zero-order valence-electron chi connectivity index (χ0n) is 23.9. The van der Waals surface area contributed by atoms with Gasteiger partial charge in [0.15, 0.2) is 5.58 Å². The molecule has 0 fully saturated rings. The van der Waals surface area contributed by atoms with E-state index in [0.29, 0.717) is 11.5 Å². The summed E-state index contributed by atoms with van der Waals surface area (Å²) in [5.41, 5.74) is 8.51. The van der Waals surface area contributed by atoms with Gasteiger partial charge in [0, 0.05) is 41.9 Å². The second-order valence-electron chi connectivity index (χ2n) is 11.4. The molecule has 0 amide bonds. The molecule has 0 bridgehead atoms. The van der Waals surface area contributed by atoms with Crippen LogP contribution in [0.4, 0.5) is 0 Å². The monoisotopic (exact) mass is 593 g/mol. The minimum absolute atomic E-state index is 0.626. The highest BCUT2D eigenvalue weighted by Gasteiger charge is 2.22. The maximum Gasteiger partial charge on any atom is 0.236 e. The van der Waals surface area contributed by atoms with Crippen molar-refractivity contribution in [1.82, 2.24) is 14.5 Å². The van der Waals surface area contributed by atoms with Crippen molar-refractivity contribution < 1.29 is 4.42 Å². The summed E-state index contributed by atoms with van der Waals surface area (Å²) in [6.45, 7) is 0. The summed E-state index contributed by atoms with van der Waals surface area (Å²) in [5.74, 6) is 0.626. The number of thiophene rings is 1. The lowest BCUT2D eigenvalue weighted by Gasteiger charge is -2.10. The Morgan fingerprint density at radius 3 is 2.13 bits per heavy atom. The molecular formula is C40H23N3OS. The van der Waals surface area contributed by atoms with Crippen LogP contribution in [0.3, 0.4) is 0 Å². The number of fused-ring (bicyclic) bond motifs is 9. The van der Waals surface area contributed by atoms with Crippen molar-refractivity contribution in [3.8, 4) is 28.3 Å². The Morgan fingerprint density at radius 2 is 1.22 bits per heavy atom. The molecule has 10 aromatic rings. The third-order valence-corrected chi connectivity index (χ3v) is 9.96. The molecule has 4 aromatic heterocycles. The first kappa shape index (κ1) is 24.6. The van der Waals surface area contributed by atoms with E-state index in [1.54, 1.807) is 0 Å². The molecule has 4 nitrogen and oxygen atoms in total. The fraction of sp³-hybridized carbons (Fsp3) is 0. The zero-order chi connectivity index (χ0) is 29.5. The summed E-state index contributed by atoms with van der Waals surface area (Å²) < 4.78 is 11.3.